The highest BCUT2D eigenvalue weighted by molar-refractivity contribution is 7.89. The average Bonchev–Trinajstić information content (AvgIpc) is 3.31. The molecule has 1 aliphatic carbocycles. The Balaban J connectivity index is 1.58. The second-order valence-corrected chi connectivity index (χ2v) is 9.07. The Morgan fingerprint density at radius 3 is 2.61 bits per heavy atom. The van der Waals surface area contributed by atoms with Crippen molar-refractivity contribution in [2.24, 2.45) is 0 Å². The van der Waals surface area contributed by atoms with Crippen LogP contribution in [-0.4, -0.2) is 52.5 Å². The molecule has 1 heterocycles. The van der Waals surface area contributed by atoms with Crippen LogP contribution in [0.3, 0.4) is 0 Å². The van der Waals surface area contributed by atoms with Crippen molar-refractivity contribution in [3.63, 3.8) is 0 Å². The number of benzene rings is 2. The van der Waals surface area contributed by atoms with Gasteiger partial charge in [0.25, 0.3) is 0 Å². The van der Waals surface area contributed by atoms with Crippen LogP contribution in [0.4, 0.5) is 0 Å². The number of fused-ring (bicyclic) bond motifs is 3. The quantitative estimate of drug-likeness (QED) is 0.629. The lowest BCUT2D eigenvalue weighted by Gasteiger charge is -2.20. The van der Waals surface area contributed by atoms with Gasteiger partial charge in [0.05, 0.1) is 19.1 Å². The molecule has 10 heteroatoms. The highest BCUT2D eigenvalue weighted by atomic mass is 32.2. The number of carbonyl (C=O) groups is 1. The standard InChI is InChI=1S/C21H23NO8S/c1-27-15-8-6-12(10-18(15)28-2)31(25,26)22-14-7-9-16-20(14)13-4-3-5-17(21(13)30-16)29-11-19(23)24/h3-6,8,10,14,16,20,22H,7,9,11H2,1-2H3,(H,23,24). The summed E-state index contributed by atoms with van der Waals surface area (Å²) in [5.41, 5.74) is 0.811. The first-order chi connectivity index (χ1) is 14.8. The third kappa shape index (κ3) is 4.00. The number of ether oxygens (including phenoxy) is 4. The van der Waals surface area contributed by atoms with E-state index in [0.717, 1.165) is 5.56 Å². The smallest absolute Gasteiger partial charge is 0.341 e. The lowest BCUT2D eigenvalue weighted by Crippen LogP contribution is -2.37. The van der Waals surface area contributed by atoms with Gasteiger partial charge < -0.3 is 24.1 Å². The molecule has 0 amide bonds. The van der Waals surface area contributed by atoms with Crippen LogP contribution in [0.1, 0.15) is 24.3 Å². The van der Waals surface area contributed by atoms with Crippen LogP contribution < -0.4 is 23.7 Å². The zero-order valence-electron chi connectivity index (χ0n) is 17.0. The lowest BCUT2D eigenvalue weighted by atomic mass is 9.94. The fourth-order valence-electron chi connectivity index (χ4n) is 4.22. The SMILES string of the molecule is COc1ccc(S(=O)(=O)NC2CCC3Oc4c(OCC(=O)O)cccc4C23)cc1OC. The number of rotatable bonds is 8. The molecule has 1 saturated carbocycles. The van der Waals surface area contributed by atoms with Gasteiger partial charge in [0.1, 0.15) is 6.10 Å². The van der Waals surface area contributed by atoms with Crippen molar-refractivity contribution in [2.75, 3.05) is 20.8 Å². The highest BCUT2D eigenvalue weighted by Crippen LogP contribution is 2.51. The molecule has 166 valence electrons. The van der Waals surface area contributed by atoms with Gasteiger partial charge in [-0.25, -0.2) is 17.9 Å². The molecule has 2 aliphatic rings. The number of hydrogen-bond acceptors (Lipinski definition) is 7. The molecule has 3 atom stereocenters. The van der Waals surface area contributed by atoms with Crippen molar-refractivity contribution in [3.05, 3.63) is 42.0 Å². The first-order valence-corrected chi connectivity index (χ1v) is 11.2. The largest absolute Gasteiger partial charge is 0.493 e. The van der Waals surface area contributed by atoms with Crippen molar-refractivity contribution in [3.8, 4) is 23.0 Å². The van der Waals surface area contributed by atoms with E-state index < -0.39 is 22.6 Å². The van der Waals surface area contributed by atoms with Crippen molar-refractivity contribution < 1.29 is 37.3 Å². The van der Waals surface area contributed by atoms with Crippen LogP contribution in [0.2, 0.25) is 0 Å². The Labute approximate surface area is 179 Å². The predicted octanol–water partition coefficient (Wildman–Crippen LogP) is 2.15. The maximum atomic E-state index is 13.1. The van der Waals surface area contributed by atoms with E-state index in [2.05, 4.69) is 4.72 Å². The van der Waals surface area contributed by atoms with Crippen LogP contribution in [-0.2, 0) is 14.8 Å². The van der Waals surface area contributed by atoms with Crippen LogP contribution in [0.5, 0.6) is 23.0 Å². The maximum absolute atomic E-state index is 13.1. The molecule has 4 rings (SSSR count). The first kappa shape index (κ1) is 21.3. The summed E-state index contributed by atoms with van der Waals surface area (Å²) in [7, 11) is -0.899. The minimum absolute atomic E-state index is 0.0753. The van der Waals surface area contributed by atoms with E-state index in [1.807, 2.05) is 6.07 Å². The summed E-state index contributed by atoms with van der Waals surface area (Å²) < 4.78 is 50.7. The van der Waals surface area contributed by atoms with E-state index in [9.17, 15) is 13.2 Å². The van der Waals surface area contributed by atoms with Gasteiger partial charge in [0.15, 0.2) is 29.6 Å². The van der Waals surface area contributed by atoms with Gasteiger partial charge in [-0.05, 0) is 31.0 Å². The van der Waals surface area contributed by atoms with Crippen LogP contribution in [0.15, 0.2) is 41.3 Å². The van der Waals surface area contributed by atoms with Crippen molar-refractivity contribution in [1.29, 1.82) is 0 Å². The maximum Gasteiger partial charge on any atom is 0.341 e. The molecule has 3 unspecified atom stereocenters. The number of methoxy groups -OCH3 is 2. The van der Waals surface area contributed by atoms with E-state index in [0.29, 0.717) is 35.8 Å². The Kier molecular flexibility index (Phi) is 5.67. The number of hydrogen-bond donors (Lipinski definition) is 2. The lowest BCUT2D eigenvalue weighted by molar-refractivity contribution is -0.139. The van der Waals surface area contributed by atoms with E-state index in [1.165, 1.54) is 26.4 Å². The van der Waals surface area contributed by atoms with Gasteiger partial charge in [-0.1, -0.05) is 12.1 Å². The molecule has 2 aromatic rings. The summed E-state index contributed by atoms with van der Waals surface area (Å²) in [6.45, 7) is -0.482. The first-order valence-electron chi connectivity index (χ1n) is 9.72. The van der Waals surface area contributed by atoms with Gasteiger partial charge in [-0.15, -0.1) is 0 Å². The Morgan fingerprint density at radius 2 is 1.90 bits per heavy atom. The molecular formula is C21H23NO8S. The third-order valence-corrected chi connectivity index (χ3v) is 7.04. The Morgan fingerprint density at radius 1 is 1.13 bits per heavy atom. The van der Waals surface area contributed by atoms with Gasteiger partial charge >= 0.3 is 5.97 Å². The molecule has 0 radical (unpaired) electrons. The molecule has 0 bridgehead atoms. The second-order valence-electron chi connectivity index (χ2n) is 7.36. The monoisotopic (exact) mass is 449 g/mol. The van der Waals surface area contributed by atoms with Crippen molar-refractivity contribution in [2.45, 2.75) is 35.8 Å². The summed E-state index contributed by atoms with van der Waals surface area (Å²) >= 11 is 0. The second kappa shape index (κ2) is 8.27. The van der Waals surface area contributed by atoms with Gasteiger partial charge in [0.2, 0.25) is 10.0 Å². The number of carboxylic acids is 1. The molecule has 2 aromatic carbocycles. The van der Waals surface area contributed by atoms with E-state index in [4.69, 9.17) is 24.1 Å². The normalized spacial score (nSPS) is 21.7. The predicted molar refractivity (Wildman–Crippen MR) is 110 cm³/mol. The molecule has 0 saturated heterocycles. The van der Waals surface area contributed by atoms with Crippen LogP contribution in [0.25, 0.3) is 0 Å². The van der Waals surface area contributed by atoms with Crippen molar-refractivity contribution in [1.82, 2.24) is 4.72 Å². The molecule has 31 heavy (non-hydrogen) atoms. The summed E-state index contributed by atoms with van der Waals surface area (Å²) in [5.74, 6) is 0.304. The Bertz CT molecular complexity index is 1100. The molecule has 9 nitrogen and oxygen atoms in total. The van der Waals surface area contributed by atoms with E-state index >= 15 is 0 Å². The third-order valence-electron chi connectivity index (χ3n) is 5.56. The molecule has 0 aromatic heterocycles. The number of aliphatic carboxylic acids is 1. The number of para-hydroxylation sites is 1. The highest BCUT2D eigenvalue weighted by Gasteiger charge is 2.47. The number of carboxylic acid groups (broad SMARTS) is 1. The van der Waals surface area contributed by atoms with Gasteiger partial charge in [-0.2, -0.15) is 0 Å². The molecule has 0 spiro atoms. The minimum atomic E-state index is -3.82. The number of nitrogens with one attached hydrogen (secondary N) is 1. The Hall–Kier alpha value is -2.98. The summed E-state index contributed by atoms with van der Waals surface area (Å²) in [6.07, 6.45) is 1.07. The topological polar surface area (TPSA) is 120 Å². The molecule has 1 fully saturated rings. The average molecular weight is 449 g/mol. The zero-order valence-corrected chi connectivity index (χ0v) is 17.8. The van der Waals surface area contributed by atoms with E-state index in [1.54, 1.807) is 18.2 Å². The van der Waals surface area contributed by atoms with Gasteiger partial charge in [-0.3, -0.25) is 0 Å². The van der Waals surface area contributed by atoms with E-state index in [-0.39, 0.29) is 23.0 Å². The van der Waals surface area contributed by atoms with Gasteiger partial charge in [0, 0.05) is 23.6 Å². The summed E-state index contributed by atoms with van der Waals surface area (Å²) in [4.78, 5) is 10.9. The zero-order chi connectivity index (χ0) is 22.2. The minimum Gasteiger partial charge on any atom is -0.493 e. The molecule has 1 aliphatic heterocycles. The van der Waals surface area contributed by atoms with Crippen LogP contribution in [0, 0.1) is 0 Å². The van der Waals surface area contributed by atoms with Crippen molar-refractivity contribution >= 4 is 16.0 Å². The number of sulfonamides is 1. The van der Waals surface area contributed by atoms with Crippen LogP contribution >= 0.6 is 0 Å². The fourth-order valence-corrected chi connectivity index (χ4v) is 5.53. The summed E-state index contributed by atoms with van der Waals surface area (Å²) in [6, 6.07) is 9.31. The molecule has 2 N–H and O–H groups in total. The fraction of sp³-hybridized carbons (Fsp3) is 0.381. The molecular weight excluding hydrogens is 426 g/mol. The summed E-state index contributed by atoms with van der Waals surface area (Å²) in [5, 5.41) is 8.87.